The van der Waals surface area contributed by atoms with Crippen molar-refractivity contribution in [3.8, 4) is 0 Å². The van der Waals surface area contributed by atoms with E-state index in [1.54, 1.807) is 0 Å². The van der Waals surface area contributed by atoms with E-state index >= 15 is 0 Å². The smallest absolute Gasteiger partial charge is 0.308 e. The Bertz CT molecular complexity index is 294. The third-order valence-electron chi connectivity index (χ3n) is 5.17. The first-order valence-corrected chi connectivity index (χ1v) is 12.6. The van der Waals surface area contributed by atoms with Crippen LogP contribution in [-0.4, -0.2) is 17.9 Å². The van der Waals surface area contributed by atoms with E-state index in [0.717, 1.165) is 31.0 Å². The van der Waals surface area contributed by atoms with Gasteiger partial charge in [0.2, 0.25) is 0 Å². The van der Waals surface area contributed by atoms with Crippen molar-refractivity contribution < 1.29 is 9.53 Å². The topological polar surface area (TPSA) is 26.3 Å². The third-order valence-corrected chi connectivity index (χ3v) is 5.73. The van der Waals surface area contributed by atoms with Crippen molar-refractivity contribution in [2.75, 3.05) is 11.9 Å². The minimum Gasteiger partial charge on any atom is -0.465 e. The Balaban J connectivity index is 3.96. The van der Waals surface area contributed by atoms with Crippen LogP contribution in [0.1, 0.15) is 123 Å². The number of unbranched alkanes of at least 4 members (excludes halogenated alkanes) is 12. The van der Waals surface area contributed by atoms with Crippen LogP contribution >= 0.6 is 15.9 Å². The predicted octanol–water partition coefficient (Wildman–Crippen LogP) is 8.21. The van der Waals surface area contributed by atoms with Crippen molar-refractivity contribution in [2.24, 2.45) is 5.92 Å². The van der Waals surface area contributed by atoms with Crippen molar-refractivity contribution >= 4 is 21.9 Å². The summed E-state index contributed by atoms with van der Waals surface area (Å²) in [4.78, 5) is 12.5. The first kappa shape index (κ1) is 26.0. The molecule has 0 spiro atoms. The first-order valence-electron chi connectivity index (χ1n) is 11.5. The van der Waals surface area contributed by atoms with Gasteiger partial charge in [-0.3, -0.25) is 4.79 Å². The summed E-state index contributed by atoms with van der Waals surface area (Å²) in [5.74, 6) is 0.220. The number of esters is 1. The molecule has 0 bridgehead atoms. The molecule has 3 heteroatoms. The summed E-state index contributed by atoms with van der Waals surface area (Å²) in [5, 5.41) is 1.07. The zero-order valence-electron chi connectivity index (χ0n) is 17.7. The second kappa shape index (κ2) is 21.3. The summed E-state index contributed by atoms with van der Waals surface area (Å²) in [6.07, 6.45) is 20.8. The lowest BCUT2D eigenvalue weighted by molar-refractivity contribution is -0.149. The maximum Gasteiger partial charge on any atom is 0.308 e. The lowest BCUT2D eigenvalue weighted by Crippen LogP contribution is -2.18. The number of hydrogen-bond donors (Lipinski definition) is 0. The van der Waals surface area contributed by atoms with Gasteiger partial charge in [0.1, 0.15) is 0 Å². The van der Waals surface area contributed by atoms with Gasteiger partial charge in [-0.15, -0.1) is 0 Å². The summed E-state index contributed by atoms with van der Waals surface area (Å²) in [6.45, 7) is 5.11. The van der Waals surface area contributed by atoms with E-state index in [2.05, 4.69) is 29.8 Å². The fourth-order valence-electron chi connectivity index (χ4n) is 3.39. The van der Waals surface area contributed by atoms with Crippen LogP contribution in [-0.2, 0) is 9.53 Å². The van der Waals surface area contributed by atoms with Crippen molar-refractivity contribution in [3.05, 3.63) is 0 Å². The predicted molar refractivity (Wildman–Crippen MR) is 118 cm³/mol. The molecular weight excluding hydrogens is 388 g/mol. The Morgan fingerprint density at radius 3 is 1.73 bits per heavy atom. The van der Waals surface area contributed by atoms with Crippen molar-refractivity contribution in [1.29, 1.82) is 0 Å². The minimum absolute atomic E-state index is 0.0768. The van der Waals surface area contributed by atoms with E-state index in [1.807, 2.05) is 0 Å². The van der Waals surface area contributed by atoms with Crippen LogP contribution in [0.3, 0.4) is 0 Å². The molecule has 0 aromatic carbocycles. The molecule has 0 N–H and O–H groups in total. The van der Waals surface area contributed by atoms with Gasteiger partial charge < -0.3 is 4.74 Å². The van der Waals surface area contributed by atoms with Crippen LogP contribution in [0, 0.1) is 5.92 Å². The standard InChI is InChI=1S/C23H45BrO2/c1-3-5-7-9-10-11-15-19-22(18-14-8-6-4-2)23(25)26-21-17-13-12-16-20-24/h22H,3-21H2,1-2H3. The Morgan fingerprint density at radius 2 is 1.15 bits per heavy atom. The second-order valence-corrected chi connectivity index (χ2v) is 8.52. The lowest BCUT2D eigenvalue weighted by atomic mass is 9.94. The molecule has 0 aliphatic heterocycles. The second-order valence-electron chi connectivity index (χ2n) is 7.73. The van der Waals surface area contributed by atoms with Crippen LogP contribution in [0.15, 0.2) is 0 Å². The van der Waals surface area contributed by atoms with E-state index in [0.29, 0.717) is 6.61 Å². The maximum absolute atomic E-state index is 12.5. The molecular formula is C23H45BrO2. The number of rotatable bonds is 20. The van der Waals surface area contributed by atoms with Crippen molar-refractivity contribution in [3.63, 3.8) is 0 Å². The monoisotopic (exact) mass is 432 g/mol. The van der Waals surface area contributed by atoms with E-state index in [-0.39, 0.29) is 11.9 Å². The van der Waals surface area contributed by atoms with Crippen LogP contribution in [0.25, 0.3) is 0 Å². The highest BCUT2D eigenvalue weighted by Crippen LogP contribution is 2.20. The van der Waals surface area contributed by atoms with Gasteiger partial charge in [-0.2, -0.15) is 0 Å². The Morgan fingerprint density at radius 1 is 0.692 bits per heavy atom. The molecule has 0 aromatic rings. The molecule has 26 heavy (non-hydrogen) atoms. The zero-order valence-corrected chi connectivity index (χ0v) is 19.3. The van der Waals surface area contributed by atoms with Gasteiger partial charge in [-0.05, 0) is 25.7 Å². The van der Waals surface area contributed by atoms with Crippen molar-refractivity contribution in [1.82, 2.24) is 0 Å². The quantitative estimate of drug-likeness (QED) is 0.110. The summed E-state index contributed by atoms with van der Waals surface area (Å²) >= 11 is 3.46. The Kier molecular flexibility index (Phi) is 21.2. The molecule has 2 nitrogen and oxygen atoms in total. The molecule has 0 aromatic heterocycles. The molecule has 0 amide bonds. The number of halogens is 1. The Hall–Kier alpha value is -0.0500. The van der Waals surface area contributed by atoms with E-state index < -0.39 is 0 Å². The van der Waals surface area contributed by atoms with E-state index in [9.17, 15) is 4.79 Å². The molecule has 156 valence electrons. The number of alkyl halides is 1. The van der Waals surface area contributed by atoms with Gasteiger partial charge in [0.05, 0.1) is 12.5 Å². The van der Waals surface area contributed by atoms with Crippen LogP contribution in [0.5, 0.6) is 0 Å². The zero-order chi connectivity index (χ0) is 19.3. The molecule has 0 rings (SSSR count). The number of ether oxygens (including phenoxy) is 1. The van der Waals surface area contributed by atoms with Crippen LogP contribution in [0.4, 0.5) is 0 Å². The summed E-state index contributed by atoms with van der Waals surface area (Å²) in [5.41, 5.74) is 0. The molecule has 0 heterocycles. The first-order chi connectivity index (χ1) is 12.8. The molecule has 0 fully saturated rings. The third kappa shape index (κ3) is 17.4. The maximum atomic E-state index is 12.5. The van der Waals surface area contributed by atoms with Gasteiger partial charge in [-0.25, -0.2) is 0 Å². The Labute approximate surface area is 172 Å². The molecule has 0 radical (unpaired) electrons. The minimum atomic E-state index is 0.0768. The van der Waals surface area contributed by atoms with Gasteiger partial charge in [0.15, 0.2) is 0 Å². The highest BCUT2D eigenvalue weighted by molar-refractivity contribution is 9.09. The SMILES string of the molecule is CCCCCCCCCC(CCCCCC)C(=O)OCCCCCCBr. The molecule has 0 aliphatic carbocycles. The van der Waals surface area contributed by atoms with Crippen molar-refractivity contribution in [2.45, 2.75) is 123 Å². The van der Waals surface area contributed by atoms with Crippen LogP contribution in [0.2, 0.25) is 0 Å². The molecule has 0 saturated carbocycles. The van der Waals surface area contributed by atoms with Gasteiger partial charge in [-0.1, -0.05) is 113 Å². The number of carbonyl (C=O) groups excluding carboxylic acids is 1. The summed E-state index contributed by atoms with van der Waals surface area (Å²) in [6, 6.07) is 0. The fraction of sp³-hybridized carbons (Fsp3) is 0.957. The number of carbonyl (C=O) groups is 1. The van der Waals surface area contributed by atoms with Gasteiger partial charge >= 0.3 is 5.97 Å². The van der Waals surface area contributed by atoms with E-state index in [4.69, 9.17) is 4.74 Å². The average molecular weight is 434 g/mol. The molecule has 1 atom stereocenters. The normalized spacial score (nSPS) is 12.3. The highest BCUT2D eigenvalue weighted by atomic mass is 79.9. The highest BCUT2D eigenvalue weighted by Gasteiger charge is 2.19. The number of hydrogen-bond acceptors (Lipinski definition) is 2. The van der Waals surface area contributed by atoms with E-state index in [1.165, 1.54) is 83.5 Å². The van der Waals surface area contributed by atoms with Gasteiger partial charge in [0.25, 0.3) is 0 Å². The average Bonchev–Trinajstić information content (AvgIpc) is 2.65. The lowest BCUT2D eigenvalue weighted by Gasteiger charge is -2.16. The fourth-order valence-corrected chi connectivity index (χ4v) is 3.78. The molecule has 1 unspecified atom stereocenters. The largest absolute Gasteiger partial charge is 0.465 e. The summed E-state index contributed by atoms with van der Waals surface area (Å²) < 4.78 is 5.60. The molecule has 0 aliphatic rings. The summed E-state index contributed by atoms with van der Waals surface area (Å²) in [7, 11) is 0. The molecule has 0 saturated heterocycles. The van der Waals surface area contributed by atoms with Gasteiger partial charge in [0, 0.05) is 5.33 Å². The van der Waals surface area contributed by atoms with Crippen LogP contribution < -0.4 is 0 Å².